The van der Waals surface area contributed by atoms with Gasteiger partial charge in [0.25, 0.3) is 0 Å². The number of hydrogen-bond acceptors (Lipinski definition) is 4. The van der Waals surface area contributed by atoms with Gasteiger partial charge in [-0.3, -0.25) is 0 Å². The number of rotatable bonds is 3. The smallest absolute Gasteiger partial charge is 0.152 e. The summed E-state index contributed by atoms with van der Waals surface area (Å²) in [5, 5.41) is 12.2. The maximum absolute atomic E-state index is 8.96. The highest BCUT2D eigenvalue weighted by molar-refractivity contribution is 4.73. The van der Waals surface area contributed by atoms with Gasteiger partial charge in [0.15, 0.2) is 6.29 Å². The van der Waals surface area contributed by atoms with Crippen molar-refractivity contribution in [1.29, 1.82) is 0 Å². The van der Waals surface area contributed by atoms with E-state index >= 15 is 0 Å². The van der Waals surface area contributed by atoms with E-state index in [1.807, 2.05) is 6.92 Å². The standard InChI is InChI=1S/C8H17NO3/c1-6(12-7(2)10)8-5-9-3-4-11-8/h6-10H,3-5H2,1-2H3. The molecular formula is C8H17NO3. The van der Waals surface area contributed by atoms with Crippen molar-refractivity contribution in [2.75, 3.05) is 19.7 Å². The molecule has 4 nitrogen and oxygen atoms in total. The fourth-order valence-corrected chi connectivity index (χ4v) is 1.29. The summed E-state index contributed by atoms with van der Waals surface area (Å²) in [6, 6.07) is 0. The third-order valence-corrected chi connectivity index (χ3v) is 1.89. The van der Waals surface area contributed by atoms with Crippen LogP contribution in [-0.2, 0) is 9.47 Å². The van der Waals surface area contributed by atoms with Gasteiger partial charge < -0.3 is 19.9 Å². The topological polar surface area (TPSA) is 50.7 Å². The summed E-state index contributed by atoms with van der Waals surface area (Å²) in [6.45, 7) is 5.93. The third-order valence-electron chi connectivity index (χ3n) is 1.89. The number of ether oxygens (including phenoxy) is 2. The molecule has 4 heteroatoms. The van der Waals surface area contributed by atoms with Crippen LogP contribution in [0.25, 0.3) is 0 Å². The summed E-state index contributed by atoms with van der Waals surface area (Å²) in [4.78, 5) is 0. The zero-order chi connectivity index (χ0) is 8.97. The van der Waals surface area contributed by atoms with Crippen molar-refractivity contribution >= 4 is 0 Å². The highest BCUT2D eigenvalue weighted by Gasteiger charge is 2.21. The van der Waals surface area contributed by atoms with Crippen LogP contribution in [0.1, 0.15) is 13.8 Å². The van der Waals surface area contributed by atoms with Crippen LogP contribution in [0.2, 0.25) is 0 Å². The molecule has 2 N–H and O–H groups in total. The van der Waals surface area contributed by atoms with Crippen molar-refractivity contribution < 1.29 is 14.6 Å². The largest absolute Gasteiger partial charge is 0.373 e. The Balaban J connectivity index is 2.24. The van der Waals surface area contributed by atoms with Gasteiger partial charge in [-0.15, -0.1) is 0 Å². The number of morpholine rings is 1. The lowest BCUT2D eigenvalue weighted by Gasteiger charge is -2.29. The summed E-state index contributed by atoms with van der Waals surface area (Å²) in [5.41, 5.74) is 0. The van der Waals surface area contributed by atoms with Crippen molar-refractivity contribution in [2.24, 2.45) is 0 Å². The SMILES string of the molecule is CC(O)OC(C)C1CNCCO1. The molecule has 3 atom stereocenters. The Morgan fingerprint density at radius 2 is 2.33 bits per heavy atom. The molecule has 0 aromatic carbocycles. The zero-order valence-corrected chi connectivity index (χ0v) is 7.62. The predicted octanol–water partition coefficient (Wildman–Crippen LogP) is -0.282. The Labute approximate surface area is 72.9 Å². The quantitative estimate of drug-likeness (QED) is 0.579. The lowest BCUT2D eigenvalue weighted by Crippen LogP contribution is -2.45. The Bertz CT molecular complexity index is 123. The van der Waals surface area contributed by atoms with E-state index in [0.29, 0.717) is 0 Å². The van der Waals surface area contributed by atoms with Gasteiger partial charge in [-0.2, -0.15) is 0 Å². The van der Waals surface area contributed by atoms with Crippen LogP contribution in [0.15, 0.2) is 0 Å². The average Bonchev–Trinajstić information content (AvgIpc) is 2.05. The number of nitrogens with one attached hydrogen (secondary N) is 1. The van der Waals surface area contributed by atoms with E-state index in [9.17, 15) is 0 Å². The van der Waals surface area contributed by atoms with E-state index in [1.165, 1.54) is 0 Å². The van der Waals surface area contributed by atoms with Crippen molar-refractivity contribution in [3.63, 3.8) is 0 Å². The second-order valence-corrected chi connectivity index (χ2v) is 3.05. The van der Waals surface area contributed by atoms with E-state index in [-0.39, 0.29) is 12.2 Å². The summed E-state index contributed by atoms with van der Waals surface area (Å²) in [6.07, 6.45) is -0.711. The molecule has 12 heavy (non-hydrogen) atoms. The fraction of sp³-hybridized carbons (Fsp3) is 1.00. The van der Waals surface area contributed by atoms with E-state index < -0.39 is 6.29 Å². The van der Waals surface area contributed by atoms with Gasteiger partial charge in [0, 0.05) is 13.1 Å². The van der Waals surface area contributed by atoms with Gasteiger partial charge in [-0.05, 0) is 13.8 Å². The maximum Gasteiger partial charge on any atom is 0.152 e. The molecule has 1 heterocycles. The van der Waals surface area contributed by atoms with Gasteiger partial charge in [-0.1, -0.05) is 0 Å². The van der Waals surface area contributed by atoms with Gasteiger partial charge in [0.1, 0.15) is 0 Å². The fourth-order valence-electron chi connectivity index (χ4n) is 1.29. The van der Waals surface area contributed by atoms with Gasteiger partial charge in [-0.25, -0.2) is 0 Å². The van der Waals surface area contributed by atoms with Crippen LogP contribution >= 0.6 is 0 Å². The van der Waals surface area contributed by atoms with E-state index in [1.54, 1.807) is 6.92 Å². The highest BCUT2D eigenvalue weighted by atomic mass is 16.6. The molecule has 0 aliphatic carbocycles. The van der Waals surface area contributed by atoms with Crippen LogP contribution < -0.4 is 5.32 Å². The molecule has 0 bridgehead atoms. The van der Waals surface area contributed by atoms with Gasteiger partial charge in [0.05, 0.1) is 18.8 Å². The van der Waals surface area contributed by atoms with Crippen molar-refractivity contribution in [1.82, 2.24) is 5.32 Å². The summed E-state index contributed by atoms with van der Waals surface area (Å²) < 4.78 is 10.6. The molecule has 1 aliphatic heterocycles. The molecule has 1 fully saturated rings. The Hall–Kier alpha value is -0.160. The van der Waals surface area contributed by atoms with Crippen molar-refractivity contribution in [2.45, 2.75) is 32.3 Å². The average molecular weight is 175 g/mol. The molecular weight excluding hydrogens is 158 g/mol. The summed E-state index contributed by atoms with van der Waals surface area (Å²) in [7, 11) is 0. The normalized spacial score (nSPS) is 29.8. The number of aliphatic hydroxyl groups is 1. The van der Waals surface area contributed by atoms with Crippen LogP contribution in [-0.4, -0.2) is 43.3 Å². The molecule has 0 aromatic rings. The summed E-state index contributed by atoms with van der Waals surface area (Å²) >= 11 is 0. The second-order valence-electron chi connectivity index (χ2n) is 3.05. The molecule has 1 aliphatic rings. The van der Waals surface area contributed by atoms with Crippen molar-refractivity contribution in [3.8, 4) is 0 Å². The minimum atomic E-state index is -0.717. The Morgan fingerprint density at radius 3 is 2.83 bits per heavy atom. The van der Waals surface area contributed by atoms with Crippen LogP contribution in [0.5, 0.6) is 0 Å². The lowest BCUT2D eigenvalue weighted by atomic mass is 10.2. The van der Waals surface area contributed by atoms with Crippen LogP contribution in [0, 0.1) is 0 Å². The molecule has 0 aromatic heterocycles. The minimum Gasteiger partial charge on any atom is -0.373 e. The van der Waals surface area contributed by atoms with Gasteiger partial charge in [0.2, 0.25) is 0 Å². The Kier molecular flexibility index (Phi) is 3.94. The predicted molar refractivity (Wildman–Crippen MR) is 44.8 cm³/mol. The van der Waals surface area contributed by atoms with Crippen LogP contribution in [0.3, 0.4) is 0 Å². The monoisotopic (exact) mass is 175 g/mol. The first-order valence-electron chi connectivity index (χ1n) is 4.36. The molecule has 1 saturated heterocycles. The van der Waals surface area contributed by atoms with E-state index in [0.717, 1.165) is 19.7 Å². The lowest BCUT2D eigenvalue weighted by molar-refractivity contribution is -0.163. The molecule has 3 unspecified atom stereocenters. The second kappa shape index (κ2) is 4.77. The molecule has 0 saturated carbocycles. The third kappa shape index (κ3) is 3.06. The molecule has 0 radical (unpaired) electrons. The first kappa shape index (κ1) is 9.92. The first-order valence-corrected chi connectivity index (χ1v) is 4.36. The Morgan fingerprint density at radius 1 is 1.58 bits per heavy atom. The van der Waals surface area contributed by atoms with E-state index in [2.05, 4.69) is 5.32 Å². The number of aliphatic hydroxyl groups excluding tert-OH is 1. The maximum atomic E-state index is 8.96. The van der Waals surface area contributed by atoms with Gasteiger partial charge >= 0.3 is 0 Å². The molecule has 72 valence electrons. The van der Waals surface area contributed by atoms with E-state index in [4.69, 9.17) is 14.6 Å². The molecule has 0 amide bonds. The molecule has 1 rings (SSSR count). The van der Waals surface area contributed by atoms with Crippen molar-refractivity contribution in [3.05, 3.63) is 0 Å². The zero-order valence-electron chi connectivity index (χ0n) is 7.62. The van der Waals surface area contributed by atoms with Crippen LogP contribution in [0.4, 0.5) is 0 Å². The number of hydrogen-bond donors (Lipinski definition) is 2. The first-order chi connectivity index (χ1) is 5.70. The summed E-state index contributed by atoms with van der Waals surface area (Å²) in [5.74, 6) is 0. The highest BCUT2D eigenvalue weighted by Crippen LogP contribution is 2.07. The minimum absolute atomic E-state index is 0.0576. The molecule has 0 spiro atoms.